The fourth-order valence-electron chi connectivity index (χ4n) is 2.03. The molecule has 0 spiro atoms. The summed E-state index contributed by atoms with van der Waals surface area (Å²) in [5.41, 5.74) is 1.75. The van der Waals surface area contributed by atoms with E-state index in [0.29, 0.717) is 22.8 Å². The SMILES string of the molecule is CCOC(=O)c1cc2cc(Cl)ccc2n2cnnc12. The Morgan fingerprint density at radius 2 is 2.26 bits per heavy atom. The molecule has 0 bridgehead atoms. The molecule has 5 nitrogen and oxygen atoms in total. The van der Waals surface area contributed by atoms with E-state index in [1.54, 1.807) is 35.9 Å². The van der Waals surface area contributed by atoms with Crippen LogP contribution in [-0.2, 0) is 4.74 Å². The quantitative estimate of drug-likeness (QED) is 0.675. The maximum atomic E-state index is 11.9. The summed E-state index contributed by atoms with van der Waals surface area (Å²) in [5, 5.41) is 9.27. The van der Waals surface area contributed by atoms with Gasteiger partial charge in [-0.3, -0.25) is 4.40 Å². The van der Waals surface area contributed by atoms with Crippen molar-refractivity contribution < 1.29 is 9.53 Å². The molecule has 6 heteroatoms. The molecule has 0 saturated heterocycles. The number of hydrogen-bond acceptors (Lipinski definition) is 4. The lowest BCUT2D eigenvalue weighted by Crippen LogP contribution is -2.07. The third kappa shape index (κ3) is 1.92. The van der Waals surface area contributed by atoms with E-state index in [9.17, 15) is 4.79 Å². The highest BCUT2D eigenvalue weighted by molar-refractivity contribution is 6.31. The summed E-state index contributed by atoms with van der Waals surface area (Å²) < 4.78 is 6.78. The largest absolute Gasteiger partial charge is 0.462 e. The minimum Gasteiger partial charge on any atom is -0.462 e. The third-order valence-corrected chi connectivity index (χ3v) is 3.07. The van der Waals surface area contributed by atoms with Crippen LogP contribution in [0.4, 0.5) is 0 Å². The number of hydrogen-bond donors (Lipinski definition) is 0. The summed E-state index contributed by atoms with van der Waals surface area (Å²) in [7, 11) is 0. The lowest BCUT2D eigenvalue weighted by atomic mass is 10.1. The Hall–Kier alpha value is -2.14. The molecule has 0 atom stereocenters. The van der Waals surface area contributed by atoms with Gasteiger partial charge in [-0.15, -0.1) is 10.2 Å². The Bertz CT molecular complexity index is 782. The summed E-state index contributed by atoms with van der Waals surface area (Å²) in [6.07, 6.45) is 1.56. The van der Waals surface area contributed by atoms with Crippen LogP contribution in [0.5, 0.6) is 0 Å². The average Bonchev–Trinajstić information content (AvgIpc) is 2.86. The third-order valence-electron chi connectivity index (χ3n) is 2.83. The van der Waals surface area contributed by atoms with Crippen LogP contribution in [0, 0.1) is 0 Å². The van der Waals surface area contributed by atoms with E-state index in [0.717, 1.165) is 10.9 Å². The Kier molecular flexibility index (Phi) is 2.83. The second kappa shape index (κ2) is 4.51. The number of carbonyl (C=O) groups excluding carboxylic acids is 1. The number of pyridine rings is 1. The van der Waals surface area contributed by atoms with E-state index in [2.05, 4.69) is 10.2 Å². The van der Waals surface area contributed by atoms with Gasteiger partial charge in [-0.25, -0.2) is 4.79 Å². The number of halogens is 1. The molecule has 19 heavy (non-hydrogen) atoms. The van der Waals surface area contributed by atoms with Crippen molar-refractivity contribution in [2.24, 2.45) is 0 Å². The monoisotopic (exact) mass is 275 g/mol. The van der Waals surface area contributed by atoms with Gasteiger partial charge >= 0.3 is 5.97 Å². The van der Waals surface area contributed by atoms with Gasteiger partial charge < -0.3 is 4.74 Å². The van der Waals surface area contributed by atoms with Crippen LogP contribution in [0.1, 0.15) is 17.3 Å². The Morgan fingerprint density at radius 3 is 3.05 bits per heavy atom. The zero-order valence-electron chi connectivity index (χ0n) is 10.1. The molecule has 3 rings (SSSR count). The van der Waals surface area contributed by atoms with Crippen LogP contribution in [-0.4, -0.2) is 27.2 Å². The van der Waals surface area contributed by atoms with E-state index >= 15 is 0 Å². The topological polar surface area (TPSA) is 56.5 Å². The van der Waals surface area contributed by atoms with Gasteiger partial charge in [0.15, 0.2) is 5.65 Å². The van der Waals surface area contributed by atoms with Crippen molar-refractivity contribution in [1.82, 2.24) is 14.6 Å². The Morgan fingerprint density at radius 1 is 1.42 bits per heavy atom. The fourth-order valence-corrected chi connectivity index (χ4v) is 2.21. The number of rotatable bonds is 2. The molecular weight excluding hydrogens is 266 g/mol. The highest BCUT2D eigenvalue weighted by atomic mass is 35.5. The lowest BCUT2D eigenvalue weighted by molar-refractivity contribution is 0.0528. The molecule has 0 aliphatic heterocycles. The van der Waals surface area contributed by atoms with Crippen molar-refractivity contribution in [2.75, 3.05) is 6.61 Å². The number of ether oxygens (including phenoxy) is 1. The van der Waals surface area contributed by atoms with Gasteiger partial charge in [0.2, 0.25) is 0 Å². The summed E-state index contributed by atoms with van der Waals surface area (Å²) in [6.45, 7) is 2.07. The molecule has 0 aliphatic rings. The number of nitrogens with zero attached hydrogens (tertiary/aromatic N) is 3. The van der Waals surface area contributed by atoms with Gasteiger partial charge in [0, 0.05) is 10.4 Å². The van der Waals surface area contributed by atoms with Gasteiger partial charge in [-0.2, -0.15) is 0 Å². The molecule has 0 amide bonds. The van der Waals surface area contributed by atoms with Crippen molar-refractivity contribution in [1.29, 1.82) is 0 Å². The van der Waals surface area contributed by atoms with Crippen LogP contribution in [0.3, 0.4) is 0 Å². The zero-order valence-corrected chi connectivity index (χ0v) is 10.9. The molecule has 2 aromatic heterocycles. The standard InChI is InChI=1S/C13H10ClN3O2/c1-2-19-13(18)10-6-8-5-9(14)3-4-11(8)17-7-15-16-12(10)17/h3-7H,2H2,1H3. The maximum Gasteiger partial charge on any atom is 0.342 e. The van der Waals surface area contributed by atoms with E-state index in [1.165, 1.54) is 0 Å². The molecular formula is C13H10ClN3O2. The average molecular weight is 276 g/mol. The van der Waals surface area contributed by atoms with Gasteiger partial charge in [-0.05, 0) is 31.2 Å². The van der Waals surface area contributed by atoms with Crippen LogP contribution in [0.2, 0.25) is 5.02 Å². The lowest BCUT2D eigenvalue weighted by Gasteiger charge is -2.07. The van der Waals surface area contributed by atoms with Gasteiger partial charge in [0.25, 0.3) is 0 Å². The Balaban J connectivity index is 2.35. The van der Waals surface area contributed by atoms with Crippen molar-refractivity contribution >= 4 is 34.1 Å². The van der Waals surface area contributed by atoms with Crippen LogP contribution in [0.25, 0.3) is 16.6 Å². The highest BCUT2D eigenvalue weighted by Crippen LogP contribution is 2.23. The van der Waals surface area contributed by atoms with Gasteiger partial charge in [-0.1, -0.05) is 11.6 Å². The van der Waals surface area contributed by atoms with Crippen molar-refractivity contribution in [2.45, 2.75) is 6.92 Å². The number of fused-ring (bicyclic) bond motifs is 3. The van der Waals surface area contributed by atoms with Crippen LogP contribution >= 0.6 is 11.6 Å². The minimum atomic E-state index is -0.414. The first-order valence-corrected chi connectivity index (χ1v) is 6.17. The van der Waals surface area contributed by atoms with Gasteiger partial charge in [0.1, 0.15) is 11.9 Å². The zero-order chi connectivity index (χ0) is 13.4. The first-order valence-electron chi connectivity index (χ1n) is 5.80. The molecule has 3 aromatic rings. The first kappa shape index (κ1) is 11.9. The molecule has 1 aromatic carbocycles. The molecule has 0 aliphatic carbocycles. The van der Waals surface area contributed by atoms with Crippen LogP contribution in [0.15, 0.2) is 30.6 Å². The molecule has 0 radical (unpaired) electrons. The summed E-state index contributed by atoms with van der Waals surface area (Å²) in [6, 6.07) is 7.17. The fraction of sp³-hybridized carbons (Fsp3) is 0.154. The smallest absolute Gasteiger partial charge is 0.342 e. The maximum absolute atomic E-state index is 11.9. The highest BCUT2D eigenvalue weighted by Gasteiger charge is 2.16. The second-order valence-corrected chi connectivity index (χ2v) is 4.44. The predicted molar refractivity (Wildman–Crippen MR) is 71.5 cm³/mol. The van der Waals surface area contributed by atoms with Crippen molar-refractivity contribution in [3.05, 3.63) is 41.2 Å². The van der Waals surface area contributed by atoms with E-state index in [4.69, 9.17) is 16.3 Å². The summed E-state index contributed by atoms with van der Waals surface area (Å²) >= 11 is 5.98. The predicted octanol–water partition coefficient (Wildman–Crippen LogP) is 2.71. The van der Waals surface area contributed by atoms with Crippen molar-refractivity contribution in [3.8, 4) is 0 Å². The second-order valence-electron chi connectivity index (χ2n) is 4.01. The number of esters is 1. The Labute approximate surface area is 113 Å². The molecule has 0 fully saturated rings. The van der Waals surface area contributed by atoms with E-state index < -0.39 is 5.97 Å². The molecule has 0 saturated carbocycles. The molecule has 0 N–H and O–H groups in total. The molecule has 96 valence electrons. The van der Waals surface area contributed by atoms with E-state index in [-0.39, 0.29) is 0 Å². The number of aromatic nitrogens is 3. The van der Waals surface area contributed by atoms with E-state index in [1.807, 2.05) is 6.07 Å². The van der Waals surface area contributed by atoms with Crippen LogP contribution < -0.4 is 0 Å². The normalized spacial score (nSPS) is 11.1. The first-order chi connectivity index (χ1) is 9.20. The molecule has 0 unspecified atom stereocenters. The van der Waals surface area contributed by atoms with Crippen molar-refractivity contribution in [3.63, 3.8) is 0 Å². The summed E-state index contributed by atoms with van der Waals surface area (Å²) in [5.74, 6) is -0.414. The summed E-state index contributed by atoms with van der Waals surface area (Å²) in [4.78, 5) is 11.9. The van der Waals surface area contributed by atoms with Gasteiger partial charge in [0.05, 0.1) is 12.1 Å². The number of benzene rings is 1. The molecule has 2 heterocycles. The minimum absolute atomic E-state index is 0.312. The number of carbonyl (C=O) groups is 1.